The number of carbonyl (C=O) groups excluding carboxylic acids is 2. The Morgan fingerprint density at radius 3 is 2.96 bits per heavy atom. The van der Waals surface area contributed by atoms with E-state index in [1.807, 2.05) is 0 Å². The fourth-order valence-corrected chi connectivity index (χ4v) is 2.51. The van der Waals surface area contributed by atoms with E-state index >= 15 is 0 Å². The lowest BCUT2D eigenvalue weighted by molar-refractivity contribution is -0.118. The van der Waals surface area contributed by atoms with Gasteiger partial charge in [-0.25, -0.2) is 4.79 Å². The molecule has 1 aliphatic rings. The largest absolute Gasteiger partial charge is 0.482 e. The number of fused-ring (bicyclic) bond motifs is 1. The van der Waals surface area contributed by atoms with Gasteiger partial charge in [0.1, 0.15) is 5.75 Å². The van der Waals surface area contributed by atoms with Gasteiger partial charge >= 0.3 is 6.03 Å². The summed E-state index contributed by atoms with van der Waals surface area (Å²) in [6, 6.07) is 4.95. The molecule has 0 radical (unpaired) electrons. The summed E-state index contributed by atoms with van der Waals surface area (Å²) in [5, 5.41) is 8.43. The van der Waals surface area contributed by atoms with E-state index in [-0.39, 0.29) is 18.5 Å². The number of hydrogen-bond acceptors (Lipinski definition) is 3. The summed E-state index contributed by atoms with van der Waals surface area (Å²) in [6.45, 7) is 5.00. The van der Waals surface area contributed by atoms with E-state index in [0.717, 1.165) is 12.8 Å². The van der Waals surface area contributed by atoms with Crippen LogP contribution in [0.2, 0.25) is 0 Å². The first-order chi connectivity index (χ1) is 11.1. The predicted octanol–water partition coefficient (Wildman–Crippen LogP) is 3.36. The zero-order valence-electron chi connectivity index (χ0n) is 13.8. The molecule has 1 aromatic carbocycles. The number of hydrogen-bond donors (Lipinski definition) is 3. The maximum absolute atomic E-state index is 12.0. The van der Waals surface area contributed by atoms with E-state index in [1.54, 1.807) is 18.2 Å². The van der Waals surface area contributed by atoms with Crippen LogP contribution < -0.4 is 20.7 Å². The highest BCUT2D eigenvalue weighted by molar-refractivity contribution is 5.96. The van der Waals surface area contributed by atoms with Crippen molar-refractivity contribution >= 4 is 23.3 Å². The first kappa shape index (κ1) is 17.1. The van der Waals surface area contributed by atoms with Crippen LogP contribution in [0.15, 0.2) is 18.2 Å². The quantitative estimate of drug-likeness (QED) is 0.721. The minimum Gasteiger partial charge on any atom is -0.482 e. The van der Waals surface area contributed by atoms with Gasteiger partial charge in [-0.1, -0.05) is 33.1 Å². The number of anilines is 2. The number of benzene rings is 1. The lowest BCUT2D eigenvalue weighted by Gasteiger charge is -2.19. The molecule has 0 aromatic heterocycles. The molecule has 3 amide bonds. The number of rotatable bonds is 7. The van der Waals surface area contributed by atoms with Crippen LogP contribution in [0.4, 0.5) is 16.2 Å². The molecule has 0 saturated carbocycles. The van der Waals surface area contributed by atoms with Crippen LogP contribution in [-0.2, 0) is 4.79 Å². The number of unbranched alkanes of at least 4 members (excludes halogenated alkanes) is 1. The third-order valence-electron chi connectivity index (χ3n) is 3.97. The van der Waals surface area contributed by atoms with E-state index in [9.17, 15) is 9.59 Å². The average molecular weight is 319 g/mol. The molecule has 0 aliphatic carbocycles. The minimum atomic E-state index is -0.222. The number of amides is 3. The van der Waals surface area contributed by atoms with Gasteiger partial charge in [-0.05, 0) is 24.5 Å². The average Bonchev–Trinajstić information content (AvgIpc) is 2.55. The van der Waals surface area contributed by atoms with Crippen LogP contribution in [0.1, 0.15) is 39.5 Å². The summed E-state index contributed by atoms with van der Waals surface area (Å²) in [4.78, 5) is 23.2. The molecule has 0 saturated heterocycles. The standard InChI is InChI=1S/C17H25N3O3/c1-3-5-6-12(4-2)10-18-17(22)19-13-7-8-14-15(9-13)23-11-16(21)20-14/h7-9,12H,3-6,10-11H2,1-2H3,(H,20,21)(H2,18,19,22). The second-order valence-electron chi connectivity index (χ2n) is 5.80. The fourth-order valence-electron chi connectivity index (χ4n) is 2.51. The van der Waals surface area contributed by atoms with Gasteiger partial charge in [0.2, 0.25) is 0 Å². The van der Waals surface area contributed by atoms with Gasteiger partial charge in [0, 0.05) is 18.3 Å². The number of nitrogens with one attached hydrogen (secondary N) is 3. The molecular weight excluding hydrogens is 294 g/mol. The van der Waals surface area contributed by atoms with Gasteiger partial charge in [-0.15, -0.1) is 0 Å². The van der Waals surface area contributed by atoms with E-state index in [4.69, 9.17) is 4.74 Å². The van der Waals surface area contributed by atoms with Crippen molar-refractivity contribution in [2.24, 2.45) is 5.92 Å². The lowest BCUT2D eigenvalue weighted by Crippen LogP contribution is -2.33. The van der Waals surface area contributed by atoms with Gasteiger partial charge < -0.3 is 20.7 Å². The highest BCUT2D eigenvalue weighted by Crippen LogP contribution is 2.30. The Kier molecular flexibility index (Phi) is 6.26. The van der Waals surface area contributed by atoms with Gasteiger partial charge in [0.15, 0.2) is 6.61 Å². The van der Waals surface area contributed by atoms with Crippen molar-refractivity contribution in [3.8, 4) is 5.75 Å². The van der Waals surface area contributed by atoms with Crippen molar-refractivity contribution in [2.45, 2.75) is 39.5 Å². The smallest absolute Gasteiger partial charge is 0.319 e. The normalized spacial score (nSPS) is 14.3. The first-order valence-corrected chi connectivity index (χ1v) is 8.24. The maximum atomic E-state index is 12.0. The molecular formula is C17H25N3O3. The summed E-state index contributed by atoms with van der Waals surface area (Å²) in [7, 11) is 0. The van der Waals surface area contributed by atoms with Crippen molar-refractivity contribution in [2.75, 3.05) is 23.8 Å². The summed E-state index contributed by atoms with van der Waals surface area (Å²) in [5.41, 5.74) is 1.26. The molecule has 23 heavy (non-hydrogen) atoms. The van der Waals surface area contributed by atoms with E-state index in [1.165, 1.54) is 12.8 Å². The Labute approximate surface area is 137 Å². The lowest BCUT2D eigenvalue weighted by atomic mass is 9.99. The van der Waals surface area contributed by atoms with Crippen molar-refractivity contribution in [3.05, 3.63) is 18.2 Å². The van der Waals surface area contributed by atoms with Crippen LogP contribution in [0.25, 0.3) is 0 Å². The summed E-state index contributed by atoms with van der Waals surface area (Å²) in [5.74, 6) is 0.910. The summed E-state index contributed by atoms with van der Waals surface area (Å²) < 4.78 is 5.33. The molecule has 6 nitrogen and oxygen atoms in total. The first-order valence-electron chi connectivity index (χ1n) is 8.24. The molecule has 1 aliphatic heterocycles. The van der Waals surface area contributed by atoms with Crippen LogP contribution in [0.5, 0.6) is 5.75 Å². The molecule has 0 fully saturated rings. The number of urea groups is 1. The zero-order valence-corrected chi connectivity index (χ0v) is 13.8. The summed E-state index contributed by atoms with van der Waals surface area (Å²) in [6.07, 6.45) is 4.57. The van der Waals surface area contributed by atoms with Crippen molar-refractivity contribution < 1.29 is 14.3 Å². The molecule has 126 valence electrons. The SMILES string of the molecule is CCCCC(CC)CNC(=O)Nc1ccc2c(c1)OCC(=O)N2. The molecule has 1 heterocycles. The van der Waals surface area contributed by atoms with Crippen molar-refractivity contribution in [3.63, 3.8) is 0 Å². The third-order valence-corrected chi connectivity index (χ3v) is 3.97. The molecule has 1 aromatic rings. The van der Waals surface area contributed by atoms with Crippen LogP contribution >= 0.6 is 0 Å². The summed E-state index contributed by atoms with van der Waals surface area (Å²) >= 11 is 0. The number of carbonyl (C=O) groups is 2. The topological polar surface area (TPSA) is 79.5 Å². The van der Waals surface area contributed by atoms with Crippen molar-refractivity contribution in [1.29, 1.82) is 0 Å². The number of ether oxygens (including phenoxy) is 1. The second kappa shape index (κ2) is 8.41. The highest BCUT2D eigenvalue weighted by Gasteiger charge is 2.16. The Morgan fingerprint density at radius 1 is 1.39 bits per heavy atom. The predicted molar refractivity (Wildman–Crippen MR) is 90.9 cm³/mol. The maximum Gasteiger partial charge on any atom is 0.319 e. The highest BCUT2D eigenvalue weighted by atomic mass is 16.5. The van der Waals surface area contributed by atoms with Crippen LogP contribution in [0, 0.1) is 5.92 Å². The second-order valence-corrected chi connectivity index (χ2v) is 5.80. The third kappa shape index (κ3) is 5.16. The van der Waals surface area contributed by atoms with Gasteiger partial charge in [0.05, 0.1) is 5.69 Å². The molecule has 0 bridgehead atoms. The molecule has 1 unspecified atom stereocenters. The molecule has 6 heteroatoms. The van der Waals surface area contributed by atoms with Gasteiger partial charge in [-0.3, -0.25) is 4.79 Å². The molecule has 1 atom stereocenters. The zero-order chi connectivity index (χ0) is 16.7. The Morgan fingerprint density at radius 2 is 2.22 bits per heavy atom. The fraction of sp³-hybridized carbons (Fsp3) is 0.529. The van der Waals surface area contributed by atoms with Crippen LogP contribution in [-0.4, -0.2) is 25.1 Å². The van der Waals surface area contributed by atoms with Gasteiger partial charge in [-0.2, -0.15) is 0 Å². The molecule has 0 spiro atoms. The Balaban J connectivity index is 1.84. The van der Waals surface area contributed by atoms with Crippen molar-refractivity contribution in [1.82, 2.24) is 5.32 Å². The van der Waals surface area contributed by atoms with E-state index < -0.39 is 0 Å². The Bertz CT molecular complexity index is 560. The molecule has 3 N–H and O–H groups in total. The van der Waals surface area contributed by atoms with Crippen LogP contribution in [0.3, 0.4) is 0 Å². The minimum absolute atomic E-state index is 0.00173. The molecule has 2 rings (SSSR count). The monoisotopic (exact) mass is 319 g/mol. The van der Waals surface area contributed by atoms with Gasteiger partial charge in [0.25, 0.3) is 5.91 Å². The Hall–Kier alpha value is -2.24. The van der Waals surface area contributed by atoms with E-state index in [0.29, 0.717) is 29.6 Å². The van der Waals surface area contributed by atoms with E-state index in [2.05, 4.69) is 29.8 Å².